The molecule has 0 unspecified atom stereocenters. The van der Waals surface area contributed by atoms with Crippen molar-refractivity contribution < 1.29 is 9.53 Å². The molecule has 1 saturated carbocycles. The van der Waals surface area contributed by atoms with Crippen LogP contribution in [0.2, 0.25) is 0 Å². The number of hydrogen-bond donors (Lipinski definition) is 2. The molecule has 0 radical (unpaired) electrons. The summed E-state index contributed by atoms with van der Waals surface area (Å²) >= 11 is 0. The third-order valence-corrected chi connectivity index (χ3v) is 3.47. The van der Waals surface area contributed by atoms with Gasteiger partial charge in [-0.25, -0.2) is 0 Å². The normalized spacial score (nSPS) is 14.6. The average Bonchev–Trinajstić information content (AvgIpc) is 3.22. The number of anilines is 2. The van der Waals surface area contributed by atoms with Crippen LogP contribution in [-0.4, -0.2) is 43.7 Å². The summed E-state index contributed by atoms with van der Waals surface area (Å²) in [7, 11) is 1.68. The van der Waals surface area contributed by atoms with Gasteiger partial charge in [-0.2, -0.15) is 0 Å². The van der Waals surface area contributed by atoms with Crippen molar-refractivity contribution in [2.75, 3.05) is 37.9 Å². The van der Waals surface area contributed by atoms with Crippen LogP contribution >= 0.6 is 0 Å². The smallest absolute Gasteiger partial charge is 0.238 e. The Balaban J connectivity index is 1.90. The minimum Gasteiger partial charge on any atom is -0.397 e. The van der Waals surface area contributed by atoms with E-state index in [2.05, 4.69) is 10.2 Å². The Kier molecular flexibility index (Phi) is 4.98. The van der Waals surface area contributed by atoms with Gasteiger partial charge in [0.05, 0.1) is 24.5 Å². The topological polar surface area (TPSA) is 67.6 Å². The van der Waals surface area contributed by atoms with Crippen LogP contribution in [0.15, 0.2) is 18.2 Å². The molecule has 0 spiro atoms. The Bertz CT molecular complexity index is 472. The van der Waals surface area contributed by atoms with Gasteiger partial charge in [-0.15, -0.1) is 0 Å². The molecule has 1 amide bonds. The van der Waals surface area contributed by atoms with Crippen LogP contribution in [0.25, 0.3) is 0 Å². The van der Waals surface area contributed by atoms with E-state index in [1.165, 1.54) is 12.8 Å². The molecule has 1 fully saturated rings. The maximum absolute atomic E-state index is 12.1. The second-order valence-corrected chi connectivity index (χ2v) is 5.33. The van der Waals surface area contributed by atoms with E-state index in [1.807, 2.05) is 25.1 Å². The summed E-state index contributed by atoms with van der Waals surface area (Å²) in [6.07, 6.45) is 2.34. The first-order chi connectivity index (χ1) is 9.60. The number of nitrogens with zero attached hydrogens (tertiary/aromatic N) is 1. The first-order valence-corrected chi connectivity index (χ1v) is 6.99. The Morgan fingerprint density at radius 1 is 1.50 bits per heavy atom. The predicted octanol–water partition coefficient (Wildman–Crippen LogP) is 1.63. The molecule has 5 nitrogen and oxygen atoms in total. The van der Waals surface area contributed by atoms with Crippen molar-refractivity contribution in [3.63, 3.8) is 0 Å². The maximum Gasteiger partial charge on any atom is 0.238 e. The van der Waals surface area contributed by atoms with E-state index in [-0.39, 0.29) is 5.91 Å². The van der Waals surface area contributed by atoms with Crippen molar-refractivity contribution in [3.8, 4) is 0 Å². The third-order valence-electron chi connectivity index (χ3n) is 3.47. The molecule has 1 aromatic rings. The monoisotopic (exact) mass is 277 g/mol. The lowest BCUT2D eigenvalue weighted by Gasteiger charge is -2.21. The number of methoxy groups -OCH3 is 1. The molecule has 20 heavy (non-hydrogen) atoms. The lowest BCUT2D eigenvalue weighted by molar-refractivity contribution is -0.117. The van der Waals surface area contributed by atoms with Gasteiger partial charge in [0.2, 0.25) is 5.91 Å². The molecule has 0 atom stereocenters. The zero-order valence-corrected chi connectivity index (χ0v) is 12.2. The number of nitrogens with two attached hydrogens (primary N) is 1. The van der Waals surface area contributed by atoms with Gasteiger partial charge in [0.1, 0.15) is 0 Å². The number of carbonyl (C=O) groups excluding carboxylic acids is 1. The van der Waals surface area contributed by atoms with E-state index in [4.69, 9.17) is 10.5 Å². The molecule has 0 heterocycles. The number of aryl methyl sites for hydroxylation is 1. The van der Waals surface area contributed by atoms with Crippen LogP contribution in [0.4, 0.5) is 11.4 Å². The molecule has 0 bridgehead atoms. The minimum atomic E-state index is -0.0245. The SMILES string of the molecule is COCCN(CC(=O)Nc1ccc(C)cc1N)C1CC1. The highest BCUT2D eigenvalue weighted by Gasteiger charge is 2.29. The highest BCUT2D eigenvalue weighted by molar-refractivity contribution is 5.95. The molecular formula is C15H23N3O2. The van der Waals surface area contributed by atoms with Gasteiger partial charge < -0.3 is 15.8 Å². The van der Waals surface area contributed by atoms with Gasteiger partial charge in [-0.05, 0) is 37.5 Å². The van der Waals surface area contributed by atoms with Gasteiger partial charge >= 0.3 is 0 Å². The van der Waals surface area contributed by atoms with E-state index in [0.717, 1.165) is 12.1 Å². The number of rotatable bonds is 7. The molecule has 1 aliphatic rings. The number of nitrogens with one attached hydrogen (secondary N) is 1. The number of nitrogen functional groups attached to an aromatic ring is 1. The molecule has 1 aromatic carbocycles. The van der Waals surface area contributed by atoms with Gasteiger partial charge in [-0.3, -0.25) is 9.69 Å². The molecule has 2 rings (SSSR count). The van der Waals surface area contributed by atoms with Crippen LogP contribution in [0.1, 0.15) is 18.4 Å². The van der Waals surface area contributed by atoms with Crippen LogP contribution in [-0.2, 0) is 9.53 Å². The van der Waals surface area contributed by atoms with E-state index >= 15 is 0 Å². The summed E-state index contributed by atoms with van der Waals surface area (Å²) in [5.41, 5.74) is 8.28. The molecule has 0 aliphatic heterocycles. The Labute approximate surface area is 120 Å². The number of hydrogen-bond acceptors (Lipinski definition) is 4. The van der Waals surface area contributed by atoms with E-state index < -0.39 is 0 Å². The molecule has 1 aliphatic carbocycles. The van der Waals surface area contributed by atoms with Crippen molar-refractivity contribution in [3.05, 3.63) is 23.8 Å². The summed E-state index contributed by atoms with van der Waals surface area (Å²) < 4.78 is 5.09. The molecule has 5 heteroatoms. The van der Waals surface area contributed by atoms with Crippen molar-refractivity contribution in [1.82, 2.24) is 4.90 Å². The van der Waals surface area contributed by atoms with Gasteiger partial charge in [0, 0.05) is 19.7 Å². The fourth-order valence-corrected chi connectivity index (χ4v) is 2.21. The number of carbonyl (C=O) groups is 1. The van der Waals surface area contributed by atoms with E-state index in [1.54, 1.807) is 7.11 Å². The molecule has 0 saturated heterocycles. The summed E-state index contributed by atoms with van der Waals surface area (Å²) in [6, 6.07) is 6.18. The van der Waals surface area contributed by atoms with Crippen LogP contribution in [0, 0.1) is 6.92 Å². The van der Waals surface area contributed by atoms with Gasteiger partial charge in [0.25, 0.3) is 0 Å². The standard InChI is InChI=1S/C15H23N3O2/c1-11-3-6-14(13(16)9-11)17-15(19)10-18(7-8-20-2)12-4-5-12/h3,6,9,12H,4-5,7-8,10,16H2,1-2H3,(H,17,19). The number of benzene rings is 1. The first-order valence-electron chi connectivity index (χ1n) is 6.99. The van der Waals surface area contributed by atoms with Crippen LogP contribution in [0.3, 0.4) is 0 Å². The largest absolute Gasteiger partial charge is 0.397 e. The second kappa shape index (κ2) is 6.72. The number of amides is 1. The summed E-state index contributed by atoms with van der Waals surface area (Å²) in [6.45, 7) is 3.80. The fraction of sp³-hybridized carbons (Fsp3) is 0.533. The minimum absolute atomic E-state index is 0.0245. The molecular weight excluding hydrogens is 254 g/mol. The van der Waals surface area contributed by atoms with Crippen molar-refractivity contribution in [2.24, 2.45) is 0 Å². The lowest BCUT2D eigenvalue weighted by Crippen LogP contribution is -2.37. The zero-order chi connectivity index (χ0) is 14.5. The Morgan fingerprint density at radius 2 is 2.25 bits per heavy atom. The Hall–Kier alpha value is -1.59. The second-order valence-electron chi connectivity index (χ2n) is 5.33. The van der Waals surface area contributed by atoms with Gasteiger partial charge in [0.15, 0.2) is 0 Å². The first kappa shape index (κ1) is 14.8. The van der Waals surface area contributed by atoms with E-state index in [0.29, 0.717) is 30.6 Å². The fourth-order valence-electron chi connectivity index (χ4n) is 2.21. The summed E-state index contributed by atoms with van der Waals surface area (Å²) in [5, 5.41) is 2.88. The zero-order valence-electron chi connectivity index (χ0n) is 12.2. The van der Waals surface area contributed by atoms with Crippen LogP contribution < -0.4 is 11.1 Å². The quantitative estimate of drug-likeness (QED) is 0.743. The van der Waals surface area contributed by atoms with Crippen molar-refractivity contribution in [2.45, 2.75) is 25.8 Å². The number of ether oxygens (including phenoxy) is 1. The molecule has 110 valence electrons. The summed E-state index contributed by atoms with van der Waals surface area (Å²) in [5.74, 6) is -0.0245. The van der Waals surface area contributed by atoms with Crippen molar-refractivity contribution >= 4 is 17.3 Å². The average molecular weight is 277 g/mol. The highest BCUT2D eigenvalue weighted by atomic mass is 16.5. The predicted molar refractivity (Wildman–Crippen MR) is 80.7 cm³/mol. The summed E-state index contributed by atoms with van der Waals surface area (Å²) in [4.78, 5) is 14.3. The third kappa shape index (κ3) is 4.21. The lowest BCUT2D eigenvalue weighted by atomic mass is 10.2. The van der Waals surface area contributed by atoms with Crippen molar-refractivity contribution in [1.29, 1.82) is 0 Å². The highest BCUT2D eigenvalue weighted by Crippen LogP contribution is 2.26. The van der Waals surface area contributed by atoms with Gasteiger partial charge in [-0.1, -0.05) is 6.07 Å². The molecule has 0 aromatic heterocycles. The Morgan fingerprint density at radius 3 is 2.85 bits per heavy atom. The molecule has 3 N–H and O–H groups in total. The van der Waals surface area contributed by atoms with Crippen LogP contribution in [0.5, 0.6) is 0 Å². The van der Waals surface area contributed by atoms with E-state index in [9.17, 15) is 4.79 Å². The maximum atomic E-state index is 12.1.